The van der Waals surface area contributed by atoms with Crippen molar-refractivity contribution in [2.75, 3.05) is 13.2 Å². The Hall–Kier alpha value is -2.59. The fraction of sp³-hybridized carbons (Fsp3) is 0.333. The molecule has 1 aromatic rings. The average molecular weight is 357 g/mol. The Kier molecular flexibility index (Phi) is 6.78. The van der Waals surface area contributed by atoms with E-state index in [4.69, 9.17) is 4.74 Å². The van der Waals surface area contributed by atoms with Gasteiger partial charge in [-0.25, -0.2) is 4.79 Å². The molecular formula is C18H19N3O3S. The van der Waals surface area contributed by atoms with E-state index in [0.29, 0.717) is 24.4 Å². The Morgan fingerprint density at radius 1 is 1.60 bits per heavy atom. The number of rotatable bonds is 7. The highest BCUT2D eigenvalue weighted by Crippen LogP contribution is 2.39. The number of nitriles is 1. The van der Waals surface area contributed by atoms with Crippen LogP contribution in [0.25, 0.3) is 0 Å². The average Bonchev–Trinajstić information content (AvgIpc) is 2.95. The number of hydrogen-bond acceptors (Lipinski definition) is 6. The van der Waals surface area contributed by atoms with E-state index in [1.54, 1.807) is 12.4 Å². The number of hydrogen-bond donors (Lipinski definition) is 0. The molecule has 130 valence electrons. The largest absolute Gasteiger partial charge is 0.457 e. The van der Waals surface area contributed by atoms with Gasteiger partial charge in [-0.05, 0) is 31.4 Å². The number of aryl methyl sites for hydroxylation is 1. The summed E-state index contributed by atoms with van der Waals surface area (Å²) in [4.78, 5) is 30.2. The van der Waals surface area contributed by atoms with Gasteiger partial charge < -0.3 is 9.64 Å². The first-order valence-corrected chi connectivity index (χ1v) is 8.79. The summed E-state index contributed by atoms with van der Waals surface area (Å²) in [6.07, 6.45) is 6.21. The van der Waals surface area contributed by atoms with Gasteiger partial charge in [-0.1, -0.05) is 30.5 Å². The lowest BCUT2D eigenvalue weighted by Crippen LogP contribution is -2.29. The van der Waals surface area contributed by atoms with Crippen LogP contribution in [-0.2, 0) is 20.7 Å². The Morgan fingerprint density at radius 3 is 3.00 bits per heavy atom. The third-order valence-corrected chi connectivity index (χ3v) is 5.01. The summed E-state index contributed by atoms with van der Waals surface area (Å²) >= 11 is 1.25. The summed E-state index contributed by atoms with van der Waals surface area (Å²) in [6, 6.07) is 5.69. The molecule has 25 heavy (non-hydrogen) atoms. The van der Waals surface area contributed by atoms with E-state index in [9.17, 15) is 14.9 Å². The van der Waals surface area contributed by atoms with Crippen LogP contribution in [0.2, 0.25) is 0 Å². The number of ether oxygens (including phenoxy) is 1. The van der Waals surface area contributed by atoms with E-state index in [1.165, 1.54) is 22.7 Å². The lowest BCUT2D eigenvalue weighted by atomic mass is 10.1. The molecule has 1 aliphatic heterocycles. The van der Waals surface area contributed by atoms with Gasteiger partial charge in [0.2, 0.25) is 5.91 Å². The predicted molar refractivity (Wildman–Crippen MR) is 95.1 cm³/mol. The molecule has 0 N–H and O–H groups in total. The molecule has 1 fully saturated rings. The molecule has 2 rings (SSSR count). The molecule has 1 aromatic heterocycles. The highest BCUT2D eigenvalue weighted by Gasteiger charge is 2.38. The summed E-state index contributed by atoms with van der Waals surface area (Å²) in [6.45, 7) is 5.70. The highest BCUT2D eigenvalue weighted by molar-refractivity contribution is 8.04. The summed E-state index contributed by atoms with van der Waals surface area (Å²) in [5, 5.41) is 9.40. The lowest BCUT2D eigenvalue weighted by Gasteiger charge is -2.15. The first-order valence-electron chi connectivity index (χ1n) is 7.91. The molecule has 0 aliphatic carbocycles. The van der Waals surface area contributed by atoms with Gasteiger partial charge in [-0.15, -0.1) is 0 Å². The minimum Gasteiger partial charge on any atom is -0.457 e. The number of esters is 1. The number of carbonyl (C=O) groups excluding carboxylic acids is 2. The third kappa shape index (κ3) is 4.48. The van der Waals surface area contributed by atoms with Crippen molar-refractivity contribution >= 4 is 23.6 Å². The van der Waals surface area contributed by atoms with Crippen molar-refractivity contribution in [2.45, 2.75) is 25.0 Å². The monoisotopic (exact) mass is 357 g/mol. The number of carbonyl (C=O) groups is 2. The molecule has 0 spiro atoms. The van der Waals surface area contributed by atoms with E-state index < -0.39 is 5.97 Å². The van der Waals surface area contributed by atoms with E-state index in [2.05, 4.69) is 11.6 Å². The van der Waals surface area contributed by atoms with Gasteiger partial charge in [0, 0.05) is 18.9 Å². The zero-order valence-electron chi connectivity index (χ0n) is 14.0. The standard InChI is InChI=1S/C18H19N3O3S/c1-3-10-24-18(23)14(11-19)17-21(4-2)16(22)15(25-17)8-7-13-6-5-9-20-12-13/h3,5-6,9,12,15H,1,4,7-8,10H2,2H3/b17-14-. The Labute approximate surface area is 151 Å². The predicted octanol–water partition coefficient (Wildman–Crippen LogP) is 2.44. The molecule has 1 atom stereocenters. The molecule has 0 aromatic carbocycles. The molecule has 6 nitrogen and oxygen atoms in total. The quantitative estimate of drug-likeness (QED) is 0.323. The molecular weight excluding hydrogens is 338 g/mol. The summed E-state index contributed by atoms with van der Waals surface area (Å²) in [7, 11) is 0. The van der Waals surface area contributed by atoms with Crippen molar-refractivity contribution in [3.8, 4) is 6.07 Å². The second-order valence-electron chi connectivity index (χ2n) is 5.27. The van der Waals surface area contributed by atoms with Crippen LogP contribution < -0.4 is 0 Å². The number of pyridine rings is 1. The maximum absolute atomic E-state index is 12.6. The summed E-state index contributed by atoms with van der Waals surface area (Å²) < 4.78 is 4.95. The third-order valence-electron chi connectivity index (χ3n) is 3.64. The minimum atomic E-state index is -0.732. The second kappa shape index (κ2) is 9.04. The van der Waals surface area contributed by atoms with Crippen molar-refractivity contribution < 1.29 is 14.3 Å². The Bertz CT molecular complexity index is 725. The second-order valence-corrected chi connectivity index (χ2v) is 6.46. The van der Waals surface area contributed by atoms with Crippen LogP contribution in [0.3, 0.4) is 0 Å². The zero-order valence-corrected chi connectivity index (χ0v) is 14.8. The van der Waals surface area contributed by atoms with Crippen molar-refractivity contribution in [2.24, 2.45) is 0 Å². The number of aromatic nitrogens is 1. The normalized spacial score (nSPS) is 18.6. The van der Waals surface area contributed by atoms with Gasteiger partial charge in [0.25, 0.3) is 0 Å². The van der Waals surface area contributed by atoms with E-state index in [1.807, 2.05) is 25.1 Å². The van der Waals surface area contributed by atoms with Gasteiger partial charge in [0.15, 0.2) is 5.57 Å². The number of nitrogens with zero attached hydrogens (tertiary/aromatic N) is 3. The van der Waals surface area contributed by atoms with Gasteiger partial charge in [-0.3, -0.25) is 9.78 Å². The van der Waals surface area contributed by atoms with Gasteiger partial charge in [-0.2, -0.15) is 5.26 Å². The first kappa shape index (κ1) is 18.7. The molecule has 2 heterocycles. The molecule has 0 saturated carbocycles. The topological polar surface area (TPSA) is 83.3 Å². The number of thioether (sulfide) groups is 1. The highest BCUT2D eigenvalue weighted by atomic mass is 32.2. The van der Waals surface area contributed by atoms with Crippen molar-refractivity contribution in [3.05, 3.63) is 53.3 Å². The first-order chi connectivity index (χ1) is 12.1. The molecule has 7 heteroatoms. The fourth-order valence-electron chi connectivity index (χ4n) is 2.43. The van der Waals surface area contributed by atoms with Crippen LogP contribution in [-0.4, -0.2) is 40.2 Å². The fourth-order valence-corrected chi connectivity index (χ4v) is 3.76. The maximum atomic E-state index is 12.6. The SMILES string of the molecule is C=CCOC(=O)/C(C#N)=C1\SC(CCc2cccnc2)C(=O)N1CC. The molecule has 0 radical (unpaired) electrons. The minimum absolute atomic E-state index is 0.0203. The zero-order chi connectivity index (χ0) is 18.2. The van der Waals surface area contributed by atoms with E-state index in [-0.39, 0.29) is 23.3 Å². The van der Waals surface area contributed by atoms with Crippen LogP contribution in [0, 0.1) is 11.3 Å². The van der Waals surface area contributed by atoms with Crippen LogP contribution in [0.1, 0.15) is 18.9 Å². The van der Waals surface area contributed by atoms with E-state index in [0.717, 1.165) is 5.56 Å². The Morgan fingerprint density at radius 2 is 2.40 bits per heavy atom. The smallest absolute Gasteiger partial charge is 0.351 e. The van der Waals surface area contributed by atoms with Crippen molar-refractivity contribution in [1.82, 2.24) is 9.88 Å². The van der Waals surface area contributed by atoms with Gasteiger partial charge in [0.05, 0.1) is 5.25 Å². The van der Waals surface area contributed by atoms with Gasteiger partial charge in [0.1, 0.15) is 17.7 Å². The van der Waals surface area contributed by atoms with Crippen molar-refractivity contribution in [1.29, 1.82) is 5.26 Å². The van der Waals surface area contributed by atoms with Crippen molar-refractivity contribution in [3.63, 3.8) is 0 Å². The van der Waals surface area contributed by atoms with Crippen LogP contribution in [0.15, 0.2) is 47.8 Å². The lowest BCUT2D eigenvalue weighted by molar-refractivity contribution is -0.137. The van der Waals surface area contributed by atoms with Gasteiger partial charge >= 0.3 is 5.97 Å². The Balaban J connectivity index is 2.17. The summed E-state index contributed by atoms with van der Waals surface area (Å²) in [5.41, 5.74) is 0.910. The van der Waals surface area contributed by atoms with Crippen LogP contribution in [0.5, 0.6) is 0 Å². The molecule has 1 amide bonds. The molecule has 1 unspecified atom stereocenters. The molecule has 1 saturated heterocycles. The van der Waals surface area contributed by atoms with Crippen LogP contribution >= 0.6 is 11.8 Å². The maximum Gasteiger partial charge on any atom is 0.351 e. The summed E-state index contributed by atoms with van der Waals surface area (Å²) in [5.74, 6) is -0.820. The van der Waals surface area contributed by atoms with E-state index >= 15 is 0 Å². The van der Waals surface area contributed by atoms with Crippen LogP contribution in [0.4, 0.5) is 0 Å². The molecule has 1 aliphatic rings. The number of amides is 1. The molecule has 0 bridgehead atoms.